The summed E-state index contributed by atoms with van der Waals surface area (Å²) in [4.78, 5) is 0. The van der Waals surface area contributed by atoms with Crippen LogP contribution in [0, 0.1) is 0 Å². The normalized spacial score (nSPS) is 24.8. The summed E-state index contributed by atoms with van der Waals surface area (Å²) < 4.78 is 0. The number of rotatable bonds is 2. The monoisotopic (exact) mass is 254 g/mol. The molecule has 0 aliphatic heterocycles. The topological polar surface area (TPSA) is 0 Å². The zero-order valence-corrected chi connectivity index (χ0v) is 12.1. The second-order valence-corrected chi connectivity index (χ2v) is 6.15. The van der Waals surface area contributed by atoms with Gasteiger partial charge in [-0.2, -0.15) is 0 Å². The van der Waals surface area contributed by atoms with Gasteiger partial charge in [-0.15, -0.1) is 0 Å². The van der Waals surface area contributed by atoms with E-state index in [1.807, 2.05) is 0 Å². The molecule has 0 saturated carbocycles. The minimum atomic E-state index is 1.26. The van der Waals surface area contributed by atoms with Crippen LogP contribution in [0.15, 0.2) is 46.6 Å². The van der Waals surface area contributed by atoms with Gasteiger partial charge in [-0.3, -0.25) is 0 Å². The molecule has 0 aromatic rings. The van der Waals surface area contributed by atoms with Gasteiger partial charge in [0.1, 0.15) is 0 Å². The number of allylic oxidation sites excluding steroid dienone is 8. The first-order chi connectivity index (χ1) is 9.45. The summed E-state index contributed by atoms with van der Waals surface area (Å²) in [5.41, 5.74) is 6.82. The Kier molecular flexibility index (Phi) is 4.37. The minimum absolute atomic E-state index is 1.26. The maximum absolute atomic E-state index is 2.54. The van der Waals surface area contributed by atoms with Crippen LogP contribution < -0.4 is 0 Å². The van der Waals surface area contributed by atoms with Gasteiger partial charge >= 0.3 is 0 Å². The van der Waals surface area contributed by atoms with Crippen LogP contribution >= 0.6 is 0 Å². The van der Waals surface area contributed by atoms with Crippen molar-refractivity contribution in [2.24, 2.45) is 0 Å². The van der Waals surface area contributed by atoms with E-state index in [0.717, 1.165) is 0 Å². The van der Waals surface area contributed by atoms with Crippen molar-refractivity contribution >= 4 is 0 Å². The molecule has 0 bridgehead atoms. The van der Waals surface area contributed by atoms with Crippen LogP contribution in [0.3, 0.4) is 0 Å². The summed E-state index contributed by atoms with van der Waals surface area (Å²) in [7, 11) is 0. The highest BCUT2D eigenvalue weighted by atomic mass is 14.2. The van der Waals surface area contributed by atoms with Crippen LogP contribution in [0.25, 0.3) is 0 Å². The standard InChI is InChI=1S/C19H26/c1-2-5-11-16(10-4-1)18-14-8-9-15-19(18)17-12-6-3-7-13-17/h1,4,10,12H,2-3,5-9,11,13-15H2. The molecule has 0 aromatic heterocycles. The van der Waals surface area contributed by atoms with E-state index in [1.165, 1.54) is 70.6 Å². The van der Waals surface area contributed by atoms with E-state index in [9.17, 15) is 0 Å². The minimum Gasteiger partial charge on any atom is -0.0845 e. The van der Waals surface area contributed by atoms with Gasteiger partial charge in [0.15, 0.2) is 0 Å². The largest absolute Gasteiger partial charge is 0.0845 e. The first-order valence-electron chi connectivity index (χ1n) is 8.22. The molecule has 0 amide bonds. The van der Waals surface area contributed by atoms with E-state index >= 15 is 0 Å². The quantitative estimate of drug-likeness (QED) is 0.565. The third-order valence-corrected chi connectivity index (χ3v) is 4.78. The van der Waals surface area contributed by atoms with Crippen molar-refractivity contribution in [3.63, 3.8) is 0 Å². The van der Waals surface area contributed by atoms with Gasteiger partial charge in [0.2, 0.25) is 0 Å². The Morgan fingerprint density at radius 3 is 2.16 bits per heavy atom. The highest BCUT2D eigenvalue weighted by Gasteiger charge is 2.19. The van der Waals surface area contributed by atoms with Gasteiger partial charge in [0.25, 0.3) is 0 Å². The van der Waals surface area contributed by atoms with Crippen molar-refractivity contribution in [3.05, 3.63) is 46.6 Å². The molecular formula is C19H26. The lowest BCUT2D eigenvalue weighted by Crippen LogP contribution is -2.07. The summed E-state index contributed by atoms with van der Waals surface area (Å²) in [6.07, 6.45) is 24.3. The summed E-state index contributed by atoms with van der Waals surface area (Å²) >= 11 is 0. The molecule has 0 unspecified atom stereocenters. The molecule has 19 heavy (non-hydrogen) atoms. The van der Waals surface area contributed by atoms with Crippen molar-refractivity contribution in [1.82, 2.24) is 0 Å². The fourth-order valence-corrected chi connectivity index (χ4v) is 3.75. The fourth-order valence-electron chi connectivity index (χ4n) is 3.75. The van der Waals surface area contributed by atoms with Gasteiger partial charge in [-0.05, 0) is 92.9 Å². The third-order valence-electron chi connectivity index (χ3n) is 4.78. The highest BCUT2D eigenvalue weighted by Crippen LogP contribution is 2.39. The van der Waals surface area contributed by atoms with E-state index in [1.54, 1.807) is 22.3 Å². The van der Waals surface area contributed by atoms with Crippen LogP contribution in [0.5, 0.6) is 0 Å². The van der Waals surface area contributed by atoms with Crippen molar-refractivity contribution in [3.8, 4) is 0 Å². The van der Waals surface area contributed by atoms with Crippen molar-refractivity contribution in [2.75, 3.05) is 0 Å². The molecule has 0 nitrogen and oxygen atoms in total. The summed E-state index contributed by atoms with van der Waals surface area (Å²) in [5.74, 6) is 0. The SMILES string of the molecule is C1=CCCCC(C2=C(C3=CCCCC3)CCCC2)=C1. The van der Waals surface area contributed by atoms with Crippen molar-refractivity contribution < 1.29 is 0 Å². The van der Waals surface area contributed by atoms with Crippen molar-refractivity contribution in [1.29, 1.82) is 0 Å². The molecule has 0 spiro atoms. The van der Waals surface area contributed by atoms with Gasteiger partial charge in [0, 0.05) is 0 Å². The smallest absolute Gasteiger partial charge is 0.0273 e. The summed E-state index contributed by atoms with van der Waals surface area (Å²) in [5, 5.41) is 0. The second-order valence-electron chi connectivity index (χ2n) is 6.15. The molecule has 0 aromatic carbocycles. The summed E-state index contributed by atoms with van der Waals surface area (Å²) in [6.45, 7) is 0. The van der Waals surface area contributed by atoms with Gasteiger partial charge in [-0.1, -0.05) is 24.3 Å². The van der Waals surface area contributed by atoms with E-state index in [0.29, 0.717) is 0 Å². The van der Waals surface area contributed by atoms with E-state index < -0.39 is 0 Å². The molecule has 0 radical (unpaired) electrons. The molecular weight excluding hydrogens is 228 g/mol. The number of hydrogen-bond acceptors (Lipinski definition) is 0. The molecule has 3 rings (SSSR count). The Morgan fingerprint density at radius 1 is 0.632 bits per heavy atom. The van der Waals surface area contributed by atoms with Crippen LogP contribution in [0.2, 0.25) is 0 Å². The lowest BCUT2D eigenvalue weighted by atomic mass is 9.79. The molecule has 3 aliphatic rings. The molecule has 102 valence electrons. The highest BCUT2D eigenvalue weighted by molar-refractivity contribution is 5.47. The molecule has 0 atom stereocenters. The van der Waals surface area contributed by atoms with Gasteiger partial charge in [-0.25, -0.2) is 0 Å². The van der Waals surface area contributed by atoms with Crippen LogP contribution in [-0.4, -0.2) is 0 Å². The molecule has 3 aliphatic carbocycles. The molecule has 0 fully saturated rings. The fraction of sp³-hybridized carbons (Fsp3) is 0.579. The lowest BCUT2D eigenvalue weighted by molar-refractivity contribution is 0.644. The maximum atomic E-state index is 2.54. The van der Waals surface area contributed by atoms with Gasteiger partial charge in [0.05, 0.1) is 0 Å². The predicted molar refractivity (Wildman–Crippen MR) is 83.1 cm³/mol. The van der Waals surface area contributed by atoms with Crippen LogP contribution in [0.4, 0.5) is 0 Å². The average Bonchev–Trinajstić information content (AvgIpc) is 2.77. The second kappa shape index (κ2) is 6.41. The Balaban J connectivity index is 1.93. The maximum Gasteiger partial charge on any atom is -0.0273 e. The van der Waals surface area contributed by atoms with E-state index in [4.69, 9.17) is 0 Å². The Morgan fingerprint density at radius 2 is 1.37 bits per heavy atom. The zero-order valence-electron chi connectivity index (χ0n) is 12.1. The Hall–Kier alpha value is -1.04. The van der Waals surface area contributed by atoms with Crippen LogP contribution in [0.1, 0.15) is 70.6 Å². The predicted octanol–water partition coefficient (Wildman–Crippen LogP) is 6.02. The Bertz CT molecular complexity index is 443. The molecule has 0 N–H and O–H groups in total. The van der Waals surface area contributed by atoms with E-state index in [2.05, 4.69) is 24.3 Å². The van der Waals surface area contributed by atoms with Crippen LogP contribution in [-0.2, 0) is 0 Å². The van der Waals surface area contributed by atoms with E-state index in [-0.39, 0.29) is 0 Å². The zero-order chi connectivity index (χ0) is 12.9. The Labute approximate surface area is 118 Å². The molecule has 0 heteroatoms. The first-order valence-corrected chi connectivity index (χ1v) is 8.22. The van der Waals surface area contributed by atoms with Crippen molar-refractivity contribution in [2.45, 2.75) is 70.6 Å². The number of hydrogen-bond donors (Lipinski definition) is 0. The van der Waals surface area contributed by atoms with Gasteiger partial charge < -0.3 is 0 Å². The molecule has 0 saturated heterocycles. The lowest BCUT2D eigenvalue weighted by Gasteiger charge is -2.26. The average molecular weight is 254 g/mol. The third kappa shape index (κ3) is 3.11. The first kappa shape index (κ1) is 13.0. The molecule has 0 heterocycles. The summed E-state index contributed by atoms with van der Waals surface area (Å²) in [6, 6.07) is 0.